The van der Waals surface area contributed by atoms with Crippen LogP contribution in [0, 0.1) is 6.92 Å². The highest BCUT2D eigenvalue weighted by Crippen LogP contribution is 2.35. The average Bonchev–Trinajstić information content (AvgIpc) is 2.84. The van der Waals surface area contributed by atoms with E-state index in [1.165, 1.54) is 0 Å². The van der Waals surface area contributed by atoms with Crippen molar-refractivity contribution >= 4 is 5.91 Å². The van der Waals surface area contributed by atoms with Crippen LogP contribution in [0.1, 0.15) is 29.7 Å². The zero-order valence-electron chi connectivity index (χ0n) is 16.8. The third-order valence-corrected chi connectivity index (χ3v) is 5.97. The summed E-state index contributed by atoms with van der Waals surface area (Å²) >= 11 is 0. The highest BCUT2D eigenvalue weighted by Gasteiger charge is 2.41. The number of nitrogens with one attached hydrogen (secondary N) is 2. The fraction of sp³-hybridized carbons (Fsp3) is 0.476. The molecule has 1 amide bonds. The van der Waals surface area contributed by atoms with E-state index in [2.05, 4.69) is 21.9 Å². The molecule has 2 aliphatic heterocycles. The molecule has 1 spiro atoms. The second-order valence-electron chi connectivity index (χ2n) is 8.13. The molecule has 0 saturated carbocycles. The first kappa shape index (κ1) is 19.4. The molecule has 29 heavy (non-hydrogen) atoms. The Balaban J connectivity index is 1.64. The summed E-state index contributed by atoms with van der Waals surface area (Å²) in [6.07, 6.45) is 1.61. The Morgan fingerprint density at radius 1 is 1.17 bits per heavy atom. The van der Waals surface area contributed by atoms with Gasteiger partial charge in [-0.2, -0.15) is 0 Å². The van der Waals surface area contributed by atoms with Gasteiger partial charge >= 0.3 is 5.69 Å². The van der Waals surface area contributed by atoms with E-state index in [0.29, 0.717) is 24.3 Å². The second-order valence-corrected chi connectivity index (χ2v) is 8.13. The number of hydrogen-bond acceptors (Lipinski definition) is 5. The van der Waals surface area contributed by atoms with E-state index < -0.39 is 16.9 Å². The average molecular weight is 398 g/mol. The van der Waals surface area contributed by atoms with Gasteiger partial charge in [0.25, 0.3) is 5.56 Å². The Morgan fingerprint density at radius 3 is 2.62 bits per heavy atom. The Morgan fingerprint density at radius 2 is 1.90 bits per heavy atom. The third-order valence-electron chi connectivity index (χ3n) is 5.97. The van der Waals surface area contributed by atoms with Gasteiger partial charge in [0.15, 0.2) is 0 Å². The van der Waals surface area contributed by atoms with E-state index in [4.69, 9.17) is 4.74 Å². The largest absolute Gasteiger partial charge is 0.485 e. The molecular formula is C21H26N4O4. The first-order valence-corrected chi connectivity index (χ1v) is 9.91. The molecule has 8 nitrogen and oxygen atoms in total. The summed E-state index contributed by atoms with van der Waals surface area (Å²) in [5.41, 5.74) is 0.175. The fourth-order valence-electron chi connectivity index (χ4n) is 4.17. The minimum absolute atomic E-state index is 0.0594. The summed E-state index contributed by atoms with van der Waals surface area (Å²) in [4.78, 5) is 45.7. The summed E-state index contributed by atoms with van der Waals surface area (Å²) in [6.45, 7) is 4.37. The summed E-state index contributed by atoms with van der Waals surface area (Å²) in [5.74, 6) is 0.676. The number of aromatic amines is 2. The van der Waals surface area contributed by atoms with Gasteiger partial charge < -0.3 is 19.5 Å². The minimum Gasteiger partial charge on any atom is -0.485 e. The van der Waals surface area contributed by atoms with E-state index >= 15 is 0 Å². The number of piperidine rings is 1. The lowest BCUT2D eigenvalue weighted by Crippen LogP contribution is -2.53. The van der Waals surface area contributed by atoms with E-state index in [0.717, 1.165) is 37.2 Å². The molecule has 1 saturated heterocycles. The van der Waals surface area contributed by atoms with Gasteiger partial charge in [-0.05, 0) is 20.0 Å². The van der Waals surface area contributed by atoms with Gasteiger partial charge in [-0.25, -0.2) is 4.79 Å². The summed E-state index contributed by atoms with van der Waals surface area (Å²) in [6, 6.07) is 7.82. The number of fused-ring (bicyclic) bond motifs is 1. The van der Waals surface area contributed by atoms with Crippen LogP contribution in [0.3, 0.4) is 0 Å². The molecule has 2 aliphatic rings. The number of carbonyl (C=O) groups is 1. The van der Waals surface area contributed by atoms with Crippen LogP contribution < -0.4 is 16.0 Å². The van der Waals surface area contributed by atoms with E-state index in [1.807, 2.05) is 24.3 Å². The Labute approximate surface area is 168 Å². The van der Waals surface area contributed by atoms with Crippen molar-refractivity contribution in [3.8, 4) is 5.75 Å². The van der Waals surface area contributed by atoms with Crippen molar-refractivity contribution in [1.82, 2.24) is 19.8 Å². The zero-order valence-corrected chi connectivity index (χ0v) is 16.8. The zero-order chi connectivity index (χ0) is 20.6. The second kappa shape index (κ2) is 7.51. The highest BCUT2D eigenvalue weighted by atomic mass is 16.5. The first-order chi connectivity index (χ1) is 13.8. The van der Waals surface area contributed by atoms with Crippen LogP contribution in [-0.4, -0.2) is 58.0 Å². The Bertz CT molecular complexity index is 1030. The number of amides is 1. The van der Waals surface area contributed by atoms with Crippen molar-refractivity contribution < 1.29 is 9.53 Å². The number of ether oxygens (including phenoxy) is 1. The number of nitrogens with zero attached hydrogens (tertiary/aromatic N) is 2. The van der Waals surface area contributed by atoms with Gasteiger partial charge in [-0.3, -0.25) is 14.6 Å². The number of benzene rings is 1. The van der Waals surface area contributed by atoms with Crippen molar-refractivity contribution in [2.24, 2.45) is 0 Å². The Kier molecular flexibility index (Phi) is 5.04. The van der Waals surface area contributed by atoms with E-state index in [1.54, 1.807) is 11.8 Å². The molecule has 2 N–H and O–H groups in total. The molecule has 3 heterocycles. The number of H-pyrrole nitrogens is 2. The lowest BCUT2D eigenvalue weighted by Gasteiger charge is -2.41. The number of para-hydroxylation sites is 1. The quantitative estimate of drug-likeness (QED) is 0.780. The summed E-state index contributed by atoms with van der Waals surface area (Å²) in [7, 11) is 2.09. The topological polar surface area (TPSA) is 98.5 Å². The fourth-order valence-corrected chi connectivity index (χ4v) is 4.17. The summed E-state index contributed by atoms with van der Waals surface area (Å²) < 4.78 is 6.49. The molecule has 0 unspecified atom stereocenters. The van der Waals surface area contributed by atoms with E-state index in [9.17, 15) is 14.4 Å². The molecule has 0 radical (unpaired) electrons. The maximum Gasteiger partial charge on any atom is 0.325 e. The molecule has 2 aromatic rings. The van der Waals surface area contributed by atoms with Crippen LogP contribution >= 0.6 is 0 Å². The van der Waals surface area contributed by atoms with Crippen LogP contribution in [0.15, 0.2) is 33.9 Å². The number of hydrogen-bond donors (Lipinski definition) is 2. The smallest absolute Gasteiger partial charge is 0.325 e. The predicted molar refractivity (Wildman–Crippen MR) is 108 cm³/mol. The third kappa shape index (κ3) is 3.98. The number of carbonyl (C=O) groups excluding carboxylic acids is 1. The van der Waals surface area contributed by atoms with Gasteiger partial charge in [0, 0.05) is 49.3 Å². The number of rotatable bonds is 2. The lowest BCUT2D eigenvalue weighted by atomic mass is 9.90. The molecular weight excluding hydrogens is 372 g/mol. The molecule has 154 valence electrons. The van der Waals surface area contributed by atoms with Gasteiger partial charge in [0.05, 0.1) is 13.0 Å². The first-order valence-electron chi connectivity index (χ1n) is 9.91. The van der Waals surface area contributed by atoms with Gasteiger partial charge in [0.1, 0.15) is 11.4 Å². The van der Waals surface area contributed by atoms with Crippen molar-refractivity contribution in [3.63, 3.8) is 0 Å². The lowest BCUT2D eigenvalue weighted by molar-refractivity contribution is -0.134. The molecule has 4 rings (SSSR count). The monoisotopic (exact) mass is 398 g/mol. The van der Waals surface area contributed by atoms with E-state index in [-0.39, 0.29) is 12.3 Å². The Hall–Kier alpha value is -2.87. The SMILES string of the molecule is Cc1[nH]c(=O)[nH]c(=O)c1CC(=O)N1Cc2ccccc2OC2(CCN(C)CC2)C1. The molecule has 0 aliphatic carbocycles. The van der Waals surface area contributed by atoms with Crippen LogP contribution in [0.25, 0.3) is 0 Å². The standard InChI is InChI=1S/C21H26N4O4/c1-14-16(19(27)23-20(28)22-14)11-18(26)25-12-15-5-3-4-6-17(15)29-21(13-25)7-9-24(2)10-8-21/h3-6H,7-13H2,1-2H3,(H2,22,23,27,28). The normalized spacial score (nSPS) is 18.8. The van der Waals surface area contributed by atoms with Gasteiger partial charge in [-0.15, -0.1) is 0 Å². The van der Waals surface area contributed by atoms with Gasteiger partial charge in [-0.1, -0.05) is 18.2 Å². The predicted octanol–water partition coefficient (Wildman–Crippen LogP) is 0.800. The van der Waals surface area contributed by atoms with Crippen LogP contribution in [0.2, 0.25) is 0 Å². The number of likely N-dealkylation sites (tertiary alicyclic amines) is 1. The minimum atomic E-state index is -0.564. The summed E-state index contributed by atoms with van der Waals surface area (Å²) in [5, 5.41) is 0. The number of aryl methyl sites for hydroxylation is 1. The molecule has 0 atom stereocenters. The van der Waals surface area contributed by atoms with Crippen molar-refractivity contribution in [1.29, 1.82) is 0 Å². The molecule has 1 aromatic heterocycles. The molecule has 8 heteroatoms. The van der Waals surface area contributed by atoms with Crippen molar-refractivity contribution in [3.05, 3.63) is 61.9 Å². The van der Waals surface area contributed by atoms with Gasteiger partial charge in [0.2, 0.25) is 5.91 Å². The number of aromatic nitrogens is 2. The molecule has 1 fully saturated rings. The molecule has 0 bridgehead atoms. The highest BCUT2D eigenvalue weighted by molar-refractivity contribution is 5.79. The van der Waals surface area contributed by atoms with Crippen molar-refractivity contribution in [2.45, 2.75) is 38.3 Å². The van der Waals surface area contributed by atoms with Crippen LogP contribution in [0.4, 0.5) is 0 Å². The van der Waals surface area contributed by atoms with Crippen LogP contribution in [0.5, 0.6) is 5.75 Å². The maximum atomic E-state index is 13.2. The van der Waals surface area contributed by atoms with Crippen LogP contribution in [-0.2, 0) is 17.8 Å². The van der Waals surface area contributed by atoms with Crippen molar-refractivity contribution in [2.75, 3.05) is 26.7 Å². The molecule has 1 aromatic carbocycles. The maximum absolute atomic E-state index is 13.2.